The molecule has 0 amide bonds. The fourth-order valence-corrected chi connectivity index (χ4v) is 2.94. The molecule has 86 valence electrons. The van der Waals surface area contributed by atoms with Gasteiger partial charge in [0.1, 0.15) is 4.60 Å². The summed E-state index contributed by atoms with van der Waals surface area (Å²) in [4.78, 5) is 4.33. The first kappa shape index (κ1) is 13.0. The van der Waals surface area contributed by atoms with Crippen molar-refractivity contribution in [1.29, 1.82) is 0 Å². The van der Waals surface area contributed by atoms with Gasteiger partial charge in [-0.2, -0.15) is 0 Å². The van der Waals surface area contributed by atoms with E-state index < -0.39 is 0 Å². The van der Waals surface area contributed by atoms with Gasteiger partial charge in [-0.15, -0.1) is 11.3 Å². The molecule has 0 spiro atoms. The summed E-state index contributed by atoms with van der Waals surface area (Å²) in [5.74, 6) is 2.12. The second-order valence-electron chi connectivity index (χ2n) is 4.51. The van der Waals surface area contributed by atoms with E-state index in [1.165, 1.54) is 0 Å². The minimum absolute atomic E-state index is 0.702. The third-order valence-electron chi connectivity index (χ3n) is 2.68. The van der Waals surface area contributed by atoms with E-state index in [1.54, 1.807) is 11.3 Å². The lowest BCUT2D eigenvalue weighted by Crippen LogP contribution is -2.24. The predicted molar refractivity (Wildman–Crippen MR) is 71.5 cm³/mol. The van der Waals surface area contributed by atoms with Gasteiger partial charge >= 0.3 is 0 Å². The summed E-state index contributed by atoms with van der Waals surface area (Å²) in [5, 5.41) is 6.42. The Kier molecular flexibility index (Phi) is 5.06. The molecule has 1 heterocycles. The van der Waals surface area contributed by atoms with Gasteiger partial charge in [0.2, 0.25) is 0 Å². The Morgan fingerprint density at radius 3 is 2.33 bits per heavy atom. The molecule has 0 aliphatic carbocycles. The third kappa shape index (κ3) is 4.11. The molecule has 0 saturated heterocycles. The molecule has 1 aromatic heterocycles. The minimum Gasteiger partial charge on any atom is -0.361 e. The molecule has 4 heteroatoms. The van der Waals surface area contributed by atoms with Crippen LogP contribution in [0.2, 0.25) is 0 Å². The predicted octanol–water partition coefficient (Wildman–Crippen LogP) is 4.25. The molecule has 1 N–H and O–H groups in total. The smallest absolute Gasteiger partial charge is 0.183 e. The zero-order chi connectivity index (χ0) is 11.4. The Morgan fingerprint density at radius 2 is 1.93 bits per heavy atom. The van der Waals surface area contributed by atoms with E-state index in [2.05, 4.69) is 53.9 Å². The van der Waals surface area contributed by atoms with Crippen LogP contribution in [0.1, 0.15) is 27.7 Å². The van der Waals surface area contributed by atoms with E-state index in [0.29, 0.717) is 17.8 Å². The molecule has 1 rings (SSSR count). The van der Waals surface area contributed by atoms with E-state index in [1.807, 2.05) is 5.38 Å². The van der Waals surface area contributed by atoms with Crippen LogP contribution in [-0.2, 0) is 0 Å². The first-order chi connectivity index (χ1) is 7.00. The largest absolute Gasteiger partial charge is 0.361 e. The van der Waals surface area contributed by atoms with Crippen LogP contribution in [0, 0.1) is 17.8 Å². The average molecular weight is 291 g/mol. The summed E-state index contributed by atoms with van der Waals surface area (Å²) in [6.07, 6.45) is 0. The summed E-state index contributed by atoms with van der Waals surface area (Å²) in [7, 11) is 0. The first-order valence-corrected chi connectivity index (χ1v) is 7.03. The van der Waals surface area contributed by atoms with Crippen LogP contribution in [0.5, 0.6) is 0 Å². The van der Waals surface area contributed by atoms with Gasteiger partial charge in [0.25, 0.3) is 0 Å². The van der Waals surface area contributed by atoms with Gasteiger partial charge < -0.3 is 5.32 Å². The van der Waals surface area contributed by atoms with Crippen molar-refractivity contribution < 1.29 is 0 Å². The first-order valence-electron chi connectivity index (χ1n) is 5.35. The SMILES string of the molecule is CC(C)C(CNc1nc(Br)cs1)C(C)C. The fraction of sp³-hybridized carbons (Fsp3) is 0.727. The van der Waals surface area contributed by atoms with Crippen molar-refractivity contribution in [3.8, 4) is 0 Å². The second-order valence-corrected chi connectivity index (χ2v) is 6.18. The van der Waals surface area contributed by atoms with Crippen molar-refractivity contribution in [2.45, 2.75) is 27.7 Å². The molecule has 1 aromatic rings. The number of nitrogens with one attached hydrogen (secondary N) is 1. The van der Waals surface area contributed by atoms with E-state index >= 15 is 0 Å². The Bertz CT molecular complexity index is 289. The second kappa shape index (κ2) is 5.85. The average Bonchev–Trinajstić information content (AvgIpc) is 2.50. The molecule has 0 fully saturated rings. The standard InChI is InChI=1S/C11H19BrN2S/c1-7(2)9(8(3)4)5-13-11-14-10(12)6-15-11/h6-9H,5H2,1-4H3,(H,13,14). The quantitative estimate of drug-likeness (QED) is 0.877. The molecule has 0 aromatic carbocycles. The minimum atomic E-state index is 0.702. The lowest BCUT2D eigenvalue weighted by Gasteiger charge is -2.24. The van der Waals surface area contributed by atoms with Gasteiger partial charge in [-0.05, 0) is 33.7 Å². The van der Waals surface area contributed by atoms with E-state index in [4.69, 9.17) is 0 Å². The Hall–Kier alpha value is -0.0900. The van der Waals surface area contributed by atoms with Crippen molar-refractivity contribution in [2.24, 2.45) is 17.8 Å². The Labute approximate surface area is 105 Å². The summed E-state index contributed by atoms with van der Waals surface area (Å²) in [5.41, 5.74) is 0. The zero-order valence-corrected chi connectivity index (χ0v) is 12.2. The molecular weight excluding hydrogens is 272 g/mol. The highest BCUT2D eigenvalue weighted by molar-refractivity contribution is 9.10. The van der Waals surface area contributed by atoms with Gasteiger partial charge in [0.05, 0.1) is 0 Å². The number of anilines is 1. The van der Waals surface area contributed by atoms with E-state index in [9.17, 15) is 0 Å². The molecule has 0 unspecified atom stereocenters. The molecule has 0 bridgehead atoms. The van der Waals surface area contributed by atoms with Gasteiger partial charge in [-0.25, -0.2) is 4.98 Å². The number of halogens is 1. The summed E-state index contributed by atoms with van der Waals surface area (Å²) >= 11 is 5.00. The van der Waals surface area contributed by atoms with Gasteiger partial charge in [0.15, 0.2) is 5.13 Å². The van der Waals surface area contributed by atoms with Crippen LogP contribution in [0.25, 0.3) is 0 Å². The molecule has 2 nitrogen and oxygen atoms in total. The molecule has 0 radical (unpaired) electrons. The van der Waals surface area contributed by atoms with Crippen molar-refractivity contribution in [2.75, 3.05) is 11.9 Å². The highest BCUT2D eigenvalue weighted by Gasteiger charge is 2.17. The third-order valence-corrected chi connectivity index (χ3v) is 4.19. The van der Waals surface area contributed by atoms with Crippen LogP contribution >= 0.6 is 27.3 Å². The van der Waals surface area contributed by atoms with Crippen LogP contribution in [0.15, 0.2) is 9.98 Å². The maximum Gasteiger partial charge on any atom is 0.183 e. The van der Waals surface area contributed by atoms with Crippen molar-refractivity contribution in [3.63, 3.8) is 0 Å². The number of thiazole rings is 1. The lowest BCUT2D eigenvalue weighted by molar-refractivity contribution is 0.304. The molecular formula is C11H19BrN2S. The highest BCUT2D eigenvalue weighted by atomic mass is 79.9. The maximum absolute atomic E-state index is 4.33. The van der Waals surface area contributed by atoms with Crippen LogP contribution in [-0.4, -0.2) is 11.5 Å². The van der Waals surface area contributed by atoms with Gasteiger partial charge in [-0.1, -0.05) is 27.7 Å². The zero-order valence-electron chi connectivity index (χ0n) is 9.75. The number of hydrogen-bond donors (Lipinski definition) is 1. The van der Waals surface area contributed by atoms with Crippen LogP contribution in [0.4, 0.5) is 5.13 Å². The highest BCUT2D eigenvalue weighted by Crippen LogP contribution is 2.23. The monoisotopic (exact) mass is 290 g/mol. The lowest BCUT2D eigenvalue weighted by atomic mass is 9.86. The molecule has 15 heavy (non-hydrogen) atoms. The summed E-state index contributed by atoms with van der Waals surface area (Å²) in [6.45, 7) is 10.1. The molecule has 0 aliphatic heterocycles. The van der Waals surface area contributed by atoms with Crippen molar-refractivity contribution in [3.05, 3.63) is 9.98 Å². The van der Waals surface area contributed by atoms with Crippen LogP contribution < -0.4 is 5.32 Å². The molecule has 0 atom stereocenters. The number of nitrogens with zero attached hydrogens (tertiary/aromatic N) is 1. The topological polar surface area (TPSA) is 24.9 Å². The van der Waals surface area contributed by atoms with Crippen LogP contribution in [0.3, 0.4) is 0 Å². The van der Waals surface area contributed by atoms with E-state index in [-0.39, 0.29) is 0 Å². The summed E-state index contributed by atoms with van der Waals surface area (Å²) in [6, 6.07) is 0. The maximum atomic E-state index is 4.33. The Balaban J connectivity index is 2.47. The van der Waals surface area contributed by atoms with Crippen molar-refractivity contribution in [1.82, 2.24) is 4.98 Å². The normalized spacial score (nSPS) is 11.7. The number of hydrogen-bond acceptors (Lipinski definition) is 3. The van der Waals surface area contributed by atoms with Gasteiger partial charge in [-0.3, -0.25) is 0 Å². The molecule has 0 saturated carbocycles. The fourth-order valence-electron chi connectivity index (χ4n) is 1.78. The summed E-state index contributed by atoms with van der Waals surface area (Å²) < 4.78 is 0.917. The molecule has 0 aliphatic rings. The van der Waals surface area contributed by atoms with E-state index in [0.717, 1.165) is 16.3 Å². The number of rotatable bonds is 5. The van der Waals surface area contributed by atoms with Crippen molar-refractivity contribution >= 4 is 32.4 Å². The van der Waals surface area contributed by atoms with Gasteiger partial charge in [0, 0.05) is 11.9 Å². The Morgan fingerprint density at radius 1 is 1.33 bits per heavy atom. The number of aromatic nitrogens is 1.